The highest BCUT2D eigenvalue weighted by Crippen LogP contribution is 2.36. The first-order valence-electron chi connectivity index (χ1n) is 5.84. The van der Waals surface area contributed by atoms with E-state index in [-0.39, 0.29) is 16.1 Å². The van der Waals surface area contributed by atoms with Gasteiger partial charge in [-0.1, -0.05) is 0 Å². The Morgan fingerprint density at radius 2 is 1.61 bits per heavy atom. The van der Waals surface area contributed by atoms with Gasteiger partial charge in [-0.3, -0.25) is 14.4 Å². The molecule has 0 radical (unpaired) electrons. The molecule has 0 unspecified atom stereocenters. The largest absolute Gasteiger partial charge is 0.544 e. The summed E-state index contributed by atoms with van der Waals surface area (Å²) in [7, 11) is 0. The summed E-state index contributed by atoms with van der Waals surface area (Å²) in [5.74, 6) is -5.95. The molecule has 3 N–H and O–H groups in total. The predicted octanol–water partition coefficient (Wildman–Crippen LogP) is -1.41. The molecule has 0 aliphatic carbocycles. The van der Waals surface area contributed by atoms with Gasteiger partial charge in [0.15, 0.2) is 0 Å². The summed E-state index contributed by atoms with van der Waals surface area (Å²) in [6, 6.07) is 1.60. The molecule has 0 saturated carbocycles. The molecule has 1 rings (SSSR count). The van der Waals surface area contributed by atoms with Crippen molar-refractivity contribution >= 4 is 40.2 Å². The van der Waals surface area contributed by atoms with Gasteiger partial charge in [-0.2, -0.15) is 5.26 Å². The SMILES string of the molecule is N#Cc1c(N(CC(=O)O)CC(=O)O)sc(C(=O)[O-])c1CC(=O)O. The molecule has 11 heteroatoms. The van der Waals surface area contributed by atoms with Gasteiger partial charge in [-0.15, -0.1) is 11.3 Å². The summed E-state index contributed by atoms with van der Waals surface area (Å²) in [5.41, 5.74) is -0.736. The number of hydrogen-bond acceptors (Lipinski definition) is 8. The van der Waals surface area contributed by atoms with Gasteiger partial charge in [0.25, 0.3) is 0 Å². The van der Waals surface area contributed by atoms with Gasteiger partial charge < -0.3 is 30.1 Å². The van der Waals surface area contributed by atoms with Crippen molar-refractivity contribution in [2.45, 2.75) is 6.42 Å². The van der Waals surface area contributed by atoms with Gasteiger partial charge in [-0.05, 0) is 0 Å². The maximum atomic E-state index is 11.1. The molecule has 0 aliphatic rings. The molecule has 1 heterocycles. The second-order valence-corrected chi connectivity index (χ2v) is 5.20. The fourth-order valence-electron chi connectivity index (χ4n) is 1.80. The Morgan fingerprint density at radius 1 is 1.09 bits per heavy atom. The number of nitriles is 1. The molecule has 0 aliphatic heterocycles. The number of carbonyl (C=O) groups excluding carboxylic acids is 1. The topological polar surface area (TPSA) is 179 Å². The molecule has 122 valence electrons. The number of nitrogens with zero attached hydrogens (tertiary/aromatic N) is 2. The van der Waals surface area contributed by atoms with Gasteiger partial charge in [0.05, 0.1) is 22.8 Å². The predicted molar refractivity (Wildman–Crippen MR) is 72.2 cm³/mol. The quantitative estimate of drug-likeness (QED) is 0.508. The van der Waals surface area contributed by atoms with Crippen LogP contribution in [0, 0.1) is 11.3 Å². The van der Waals surface area contributed by atoms with Crippen LogP contribution in [0.3, 0.4) is 0 Å². The molecule has 0 fully saturated rings. The van der Waals surface area contributed by atoms with E-state index in [4.69, 9.17) is 20.6 Å². The minimum atomic E-state index is -1.74. The number of rotatable bonds is 8. The Kier molecular flexibility index (Phi) is 5.63. The molecule has 1 aromatic heterocycles. The van der Waals surface area contributed by atoms with E-state index >= 15 is 0 Å². The van der Waals surface area contributed by atoms with Crippen molar-refractivity contribution in [1.29, 1.82) is 5.26 Å². The molecule has 0 spiro atoms. The van der Waals surface area contributed by atoms with Crippen LogP contribution in [0.2, 0.25) is 0 Å². The van der Waals surface area contributed by atoms with Gasteiger partial charge >= 0.3 is 17.9 Å². The van der Waals surface area contributed by atoms with Crippen LogP contribution < -0.4 is 10.0 Å². The first kappa shape index (κ1) is 17.9. The molecule has 0 bridgehead atoms. The number of thiophene rings is 1. The summed E-state index contributed by atoms with van der Waals surface area (Å²) in [4.78, 5) is 43.8. The minimum absolute atomic E-state index is 0.243. The maximum Gasteiger partial charge on any atom is 0.323 e. The molecule has 10 nitrogen and oxygen atoms in total. The number of carbonyl (C=O) groups is 4. The van der Waals surface area contributed by atoms with Crippen LogP contribution in [0.25, 0.3) is 0 Å². The highest BCUT2D eigenvalue weighted by molar-refractivity contribution is 7.18. The van der Waals surface area contributed by atoms with Crippen LogP contribution in [0.4, 0.5) is 5.00 Å². The van der Waals surface area contributed by atoms with Gasteiger partial charge in [0.2, 0.25) is 0 Å². The number of hydrogen-bond donors (Lipinski definition) is 3. The van der Waals surface area contributed by atoms with E-state index in [2.05, 4.69) is 0 Å². The van der Waals surface area contributed by atoms with Crippen LogP contribution in [0.5, 0.6) is 0 Å². The van der Waals surface area contributed by atoms with E-state index in [1.165, 1.54) is 0 Å². The third-order valence-corrected chi connectivity index (χ3v) is 3.83. The molecule has 0 aromatic carbocycles. The zero-order valence-corrected chi connectivity index (χ0v) is 12.1. The smallest absolute Gasteiger partial charge is 0.323 e. The lowest BCUT2D eigenvalue weighted by molar-refractivity contribution is -0.254. The van der Waals surface area contributed by atoms with Gasteiger partial charge in [-0.25, -0.2) is 0 Å². The van der Waals surface area contributed by atoms with E-state index in [9.17, 15) is 24.3 Å². The zero-order chi connectivity index (χ0) is 17.7. The van der Waals surface area contributed by atoms with E-state index in [0.717, 1.165) is 4.90 Å². The van der Waals surface area contributed by atoms with Crippen molar-refractivity contribution in [3.05, 3.63) is 16.0 Å². The minimum Gasteiger partial charge on any atom is -0.544 e. The Morgan fingerprint density at radius 3 is 1.96 bits per heavy atom. The van der Waals surface area contributed by atoms with Crippen molar-refractivity contribution in [3.63, 3.8) is 0 Å². The van der Waals surface area contributed by atoms with Crippen molar-refractivity contribution in [2.24, 2.45) is 0 Å². The summed E-state index contributed by atoms with van der Waals surface area (Å²) in [6.45, 7) is -1.61. The molecular weight excluding hydrogens is 332 g/mol. The number of carboxylic acid groups (broad SMARTS) is 4. The monoisotopic (exact) mass is 341 g/mol. The van der Waals surface area contributed by atoms with E-state index < -0.39 is 48.3 Å². The summed E-state index contributed by atoms with van der Waals surface area (Å²) in [6.07, 6.45) is -0.795. The maximum absolute atomic E-state index is 11.1. The Bertz CT molecular complexity index is 701. The normalized spacial score (nSPS) is 9.87. The van der Waals surface area contributed by atoms with Crippen molar-refractivity contribution in [3.8, 4) is 6.07 Å². The lowest BCUT2D eigenvalue weighted by atomic mass is 10.1. The lowest BCUT2D eigenvalue weighted by Gasteiger charge is -2.19. The van der Waals surface area contributed by atoms with Crippen molar-refractivity contribution < 1.29 is 39.6 Å². The average Bonchev–Trinajstić information content (AvgIpc) is 2.74. The van der Waals surface area contributed by atoms with E-state index in [0.29, 0.717) is 11.3 Å². The van der Waals surface area contributed by atoms with Gasteiger partial charge in [0.1, 0.15) is 24.2 Å². The third-order valence-electron chi connectivity index (χ3n) is 2.55. The van der Waals surface area contributed by atoms with E-state index in [1.807, 2.05) is 0 Å². The molecule has 23 heavy (non-hydrogen) atoms. The molecule has 0 atom stereocenters. The van der Waals surface area contributed by atoms with Crippen LogP contribution in [-0.4, -0.2) is 52.3 Å². The average molecular weight is 341 g/mol. The van der Waals surface area contributed by atoms with Crippen LogP contribution in [0.15, 0.2) is 0 Å². The molecule has 0 saturated heterocycles. The first-order chi connectivity index (χ1) is 10.7. The lowest BCUT2D eigenvalue weighted by Crippen LogP contribution is -2.34. The van der Waals surface area contributed by atoms with Crippen LogP contribution in [0.1, 0.15) is 20.8 Å². The number of aromatic carboxylic acids is 1. The second kappa shape index (κ2) is 7.23. The molecule has 0 amide bonds. The number of carboxylic acids is 4. The van der Waals surface area contributed by atoms with Crippen molar-refractivity contribution in [1.82, 2.24) is 0 Å². The van der Waals surface area contributed by atoms with Crippen LogP contribution >= 0.6 is 11.3 Å². The number of anilines is 1. The number of aliphatic carboxylic acids is 3. The van der Waals surface area contributed by atoms with E-state index in [1.54, 1.807) is 6.07 Å². The Hall–Kier alpha value is -3.13. The second-order valence-electron chi connectivity index (χ2n) is 4.20. The summed E-state index contributed by atoms with van der Waals surface area (Å²) in [5, 5.41) is 46.5. The zero-order valence-electron chi connectivity index (χ0n) is 11.3. The molecular formula is C12H9N2O8S-. The fourth-order valence-corrected chi connectivity index (χ4v) is 2.90. The van der Waals surface area contributed by atoms with Crippen molar-refractivity contribution in [2.75, 3.05) is 18.0 Å². The highest BCUT2D eigenvalue weighted by atomic mass is 32.1. The summed E-state index contributed by atoms with van der Waals surface area (Å²) < 4.78 is 0. The standard InChI is InChI=1S/C12H10N2O8S/c13-2-6-5(1-7(15)16)10(12(21)22)23-11(6)14(3-8(17)18)4-9(19)20/h1,3-4H2,(H,15,16)(H,17,18)(H,19,20)(H,21,22)/p-1. The highest BCUT2D eigenvalue weighted by Gasteiger charge is 2.26. The van der Waals surface area contributed by atoms with Crippen LogP contribution in [-0.2, 0) is 20.8 Å². The first-order valence-corrected chi connectivity index (χ1v) is 6.66. The third kappa shape index (κ3) is 4.42. The fraction of sp³-hybridized carbons (Fsp3) is 0.250. The van der Waals surface area contributed by atoms with Gasteiger partial charge in [0, 0.05) is 5.56 Å². The summed E-state index contributed by atoms with van der Waals surface area (Å²) >= 11 is 0.404. The molecule has 1 aromatic rings. The Labute approximate surface area is 132 Å². The Balaban J connectivity index is 3.51.